The topological polar surface area (TPSA) is 99.9 Å². The molecule has 0 atom stereocenters. The van der Waals surface area contributed by atoms with Crippen molar-refractivity contribution in [2.75, 3.05) is 19.5 Å². The Morgan fingerprint density at radius 1 is 1.06 bits per heavy atom. The predicted octanol–water partition coefficient (Wildman–Crippen LogP) is 5.68. The number of thiophene rings is 1. The van der Waals surface area contributed by atoms with E-state index in [1.54, 1.807) is 24.3 Å². The average molecular weight is 499 g/mol. The number of amides is 1. The van der Waals surface area contributed by atoms with Gasteiger partial charge in [-0.3, -0.25) is 4.79 Å². The smallest absolute Gasteiger partial charge is 0.340 e. The van der Waals surface area contributed by atoms with Gasteiger partial charge in [-0.2, -0.15) is 0 Å². The first-order chi connectivity index (χ1) is 16.5. The number of anilines is 1. The zero-order valence-corrected chi connectivity index (χ0v) is 19.7. The lowest BCUT2D eigenvalue weighted by Gasteiger charge is -2.15. The second-order valence-corrected chi connectivity index (χ2v) is 8.24. The fourth-order valence-corrected chi connectivity index (χ4v) is 3.97. The molecule has 0 unspecified atom stereocenters. The standard InChI is InChI=1S/C24H19ClN2O6S/c1-30-19-10-16(24(29)33-13-14-12-32-23(26-14)21-8-5-9-34-21)18(11-20(19)31-2)27-22(28)15-6-3-4-7-17(15)25/h3-12H,13H2,1-2H3,(H,27,28). The first kappa shape index (κ1) is 23.3. The van der Waals surface area contributed by atoms with Crippen molar-refractivity contribution in [1.29, 1.82) is 0 Å². The number of hydrogen-bond donors (Lipinski definition) is 1. The number of aromatic nitrogens is 1. The lowest BCUT2D eigenvalue weighted by molar-refractivity contribution is 0.0468. The number of nitrogens with one attached hydrogen (secondary N) is 1. The summed E-state index contributed by atoms with van der Waals surface area (Å²) in [5.74, 6) is -0.128. The van der Waals surface area contributed by atoms with E-state index in [-0.39, 0.29) is 28.4 Å². The second kappa shape index (κ2) is 10.4. The van der Waals surface area contributed by atoms with E-state index in [0.717, 1.165) is 4.88 Å². The monoisotopic (exact) mass is 498 g/mol. The van der Waals surface area contributed by atoms with Crippen LogP contribution >= 0.6 is 22.9 Å². The molecule has 8 nitrogen and oxygen atoms in total. The van der Waals surface area contributed by atoms with Gasteiger partial charge in [-0.25, -0.2) is 9.78 Å². The molecule has 1 N–H and O–H groups in total. The van der Waals surface area contributed by atoms with E-state index in [9.17, 15) is 9.59 Å². The highest BCUT2D eigenvalue weighted by Crippen LogP contribution is 2.34. The largest absolute Gasteiger partial charge is 0.493 e. The van der Waals surface area contributed by atoms with Gasteiger partial charge in [0.15, 0.2) is 11.5 Å². The number of oxazole rings is 1. The van der Waals surface area contributed by atoms with Crippen LogP contribution in [0, 0.1) is 0 Å². The molecule has 0 spiro atoms. The van der Waals surface area contributed by atoms with Crippen LogP contribution < -0.4 is 14.8 Å². The van der Waals surface area contributed by atoms with Gasteiger partial charge in [-0.05, 0) is 23.6 Å². The van der Waals surface area contributed by atoms with Crippen LogP contribution in [0.2, 0.25) is 5.02 Å². The Morgan fingerprint density at radius 2 is 1.82 bits per heavy atom. The van der Waals surface area contributed by atoms with Crippen LogP contribution in [0.1, 0.15) is 26.4 Å². The van der Waals surface area contributed by atoms with Crippen LogP contribution in [0.5, 0.6) is 11.5 Å². The van der Waals surface area contributed by atoms with E-state index in [2.05, 4.69) is 10.3 Å². The molecule has 4 aromatic rings. The molecule has 2 aromatic carbocycles. The van der Waals surface area contributed by atoms with Crippen molar-refractivity contribution in [3.63, 3.8) is 0 Å². The van der Waals surface area contributed by atoms with Crippen molar-refractivity contribution in [1.82, 2.24) is 4.98 Å². The maximum atomic E-state index is 13.0. The maximum Gasteiger partial charge on any atom is 0.340 e. The quantitative estimate of drug-likeness (QED) is 0.312. The summed E-state index contributed by atoms with van der Waals surface area (Å²) in [6.45, 7) is -0.125. The van der Waals surface area contributed by atoms with Crippen molar-refractivity contribution < 1.29 is 28.2 Å². The highest BCUT2D eigenvalue weighted by atomic mass is 35.5. The number of esters is 1. The number of rotatable bonds is 8. The summed E-state index contributed by atoms with van der Waals surface area (Å²) in [5, 5.41) is 4.89. The van der Waals surface area contributed by atoms with Gasteiger partial charge in [-0.1, -0.05) is 29.8 Å². The Hall–Kier alpha value is -3.82. The third kappa shape index (κ3) is 5.05. The number of benzene rings is 2. The summed E-state index contributed by atoms with van der Waals surface area (Å²) in [6.07, 6.45) is 1.43. The van der Waals surface area contributed by atoms with Crippen LogP contribution in [-0.2, 0) is 11.3 Å². The average Bonchev–Trinajstić information content (AvgIpc) is 3.54. The Labute approximate surface area is 204 Å². The normalized spacial score (nSPS) is 10.6. The molecule has 0 radical (unpaired) electrons. The van der Waals surface area contributed by atoms with E-state index in [4.69, 9.17) is 30.2 Å². The molecule has 0 aliphatic rings. The number of halogens is 1. The lowest BCUT2D eigenvalue weighted by atomic mass is 10.1. The molecule has 10 heteroatoms. The first-order valence-corrected chi connectivity index (χ1v) is 11.2. The van der Waals surface area contributed by atoms with Gasteiger partial charge < -0.3 is 23.9 Å². The van der Waals surface area contributed by atoms with Crippen LogP contribution in [0.4, 0.5) is 5.69 Å². The third-order valence-electron chi connectivity index (χ3n) is 4.75. The minimum atomic E-state index is -0.698. The van der Waals surface area contributed by atoms with Crippen LogP contribution in [0.25, 0.3) is 10.8 Å². The predicted molar refractivity (Wildman–Crippen MR) is 128 cm³/mol. The van der Waals surface area contributed by atoms with Gasteiger partial charge in [0.05, 0.1) is 40.9 Å². The Balaban J connectivity index is 1.57. The minimum Gasteiger partial charge on any atom is -0.493 e. The molecule has 0 fully saturated rings. The van der Waals surface area contributed by atoms with Gasteiger partial charge in [0.2, 0.25) is 5.89 Å². The molecule has 2 heterocycles. The van der Waals surface area contributed by atoms with Crippen molar-refractivity contribution in [3.05, 3.63) is 82.0 Å². The zero-order valence-electron chi connectivity index (χ0n) is 18.2. The van der Waals surface area contributed by atoms with Crippen LogP contribution in [0.3, 0.4) is 0 Å². The molecule has 4 rings (SSSR count). The zero-order chi connectivity index (χ0) is 24.1. The molecular formula is C24H19ClN2O6S. The van der Waals surface area contributed by atoms with E-state index < -0.39 is 11.9 Å². The molecule has 1 amide bonds. The summed E-state index contributed by atoms with van der Waals surface area (Å²) >= 11 is 7.62. The molecular weight excluding hydrogens is 480 g/mol. The number of carbonyl (C=O) groups is 2. The van der Waals surface area contributed by atoms with E-state index >= 15 is 0 Å². The van der Waals surface area contributed by atoms with Crippen molar-refractivity contribution >= 4 is 40.5 Å². The molecule has 34 heavy (non-hydrogen) atoms. The van der Waals surface area contributed by atoms with Gasteiger partial charge in [0.1, 0.15) is 18.6 Å². The Bertz CT molecular complexity index is 1320. The Morgan fingerprint density at radius 3 is 2.53 bits per heavy atom. The fourth-order valence-electron chi connectivity index (χ4n) is 3.09. The number of carbonyl (C=O) groups excluding carboxylic acids is 2. The summed E-state index contributed by atoms with van der Waals surface area (Å²) in [4.78, 5) is 31.0. The molecule has 0 aliphatic carbocycles. The SMILES string of the molecule is COc1cc(NC(=O)c2ccccc2Cl)c(C(=O)OCc2coc(-c3cccs3)n2)cc1OC. The number of ether oxygens (including phenoxy) is 3. The van der Waals surface area contributed by atoms with Gasteiger partial charge in [0.25, 0.3) is 5.91 Å². The van der Waals surface area contributed by atoms with E-state index in [0.29, 0.717) is 23.1 Å². The summed E-state index contributed by atoms with van der Waals surface area (Å²) < 4.78 is 21.5. The van der Waals surface area contributed by atoms with Crippen LogP contribution in [-0.4, -0.2) is 31.1 Å². The number of hydrogen-bond acceptors (Lipinski definition) is 8. The molecule has 174 valence electrons. The Kier molecular flexibility index (Phi) is 7.15. The maximum absolute atomic E-state index is 13.0. The van der Waals surface area contributed by atoms with Crippen molar-refractivity contribution in [2.24, 2.45) is 0 Å². The summed E-state index contributed by atoms with van der Waals surface area (Å²) in [6, 6.07) is 13.3. The minimum absolute atomic E-state index is 0.0695. The number of methoxy groups -OCH3 is 2. The van der Waals surface area contributed by atoms with E-state index in [1.807, 2.05) is 17.5 Å². The third-order valence-corrected chi connectivity index (χ3v) is 5.93. The lowest BCUT2D eigenvalue weighted by Crippen LogP contribution is -2.17. The summed E-state index contributed by atoms with van der Waals surface area (Å²) in [7, 11) is 2.89. The van der Waals surface area contributed by atoms with Crippen LogP contribution in [0.15, 0.2) is 64.6 Å². The second-order valence-electron chi connectivity index (χ2n) is 6.88. The molecule has 0 saturated heterocycles. The summed E-state index contributed by atoms with van der Waals surface area (Å²) in [5.41, 5.74) is 0.938. The van der Waals surface area contributed by atoms with Gasteiger partial charge in [-0.15, -0.1) is 11.3 Å². The molecule has 2 aromatic heterocycles. The number of nitrogens with zero attached hydrogens (tertiary/aromatic N) is 1. The van der Waals surface area contributed by atoms with E-state index in [1.165, 1.54) is 44.0 Å². The van der Waals surface area contributed by atoms with Gasteiger partial charge in [0, 0.05) is 12.1 Å². The molecule has 0 bridgehead atoms. The van der Waals surface area contributed by atoms with Crippen molar-refractivity contribution in [2.45, 2.75) is 6.61 Å². The molecule has 0 aliphatic heterocycles. The van der Waals surface area contributed by atoms with Gasteiger partial charge >= 0.3 is 5.97 Å². The molecule has 0 saturated carbocycles. The fraction of sp³-hybridized carbons (Fsp3) is 0.125. The highest BCUT2D eigenvalue weighted by molar-refractivity contribution is 7.13. The first-order valence-electron chi connectivity index (χ1n) is 9.97. The van der Waals surface area contributed by atoms with Crippen molar-refractivity contribution in [3.8, 4) is 22.3 Å². The highest BCUT2D eigenvalue weighted by Gasteiger charge is 2.21.